The van der Waals surface area contributed by atoms with Gasteiger partial charge < -0.3 is 0 Å². The van der Waals surface area contributed by atoms with E-state index in [1.807, 2.05) is 0 Å². The Labute approximate surface area is 83.7 Å². The highest BCUT2D eigenvalue weighted by Crippen LogP contribution is 2.11. The monoisotopic (exact) mass is 180 g/mol. The van der Waals surface area contributed by atoms with Gasteiger partial charge in [-0.05, 0) is 32.1 Å². The molecular formula is C13H24. The minimum Gasteiger partial charge on any atom is -0.0816 e. The molecule has 0 N–H and O–H groups in total. The van der Waals surface area contributed by atoms with Crippen molar-refractivity contribution in [3.8, 4) is 0 Å². The van der Waals surface area contributed by atoms with Crippen molar-refractivity contribution in [2.45, 2.75) is 53.9 Å². The molecule has 0 nitrogen and oxygen atoms in total. The molecule has 0 aliphatic carbocycles. The predicted molar refractivity (Wildman–Crippen MR) is 61.9 cm³/mol. The second kappa shape index (κ2) is 6.94. The lowest BCUT2D eigenvalue weighted by atomic mass is 10.0. The van der Waals surface area contributed by atoms with E-state index in [4.69, 9.17) is 0 Å². The van der Waals surface area contributed by atoms with Crippen LogP contribution in [0.25, 0.3) is 0 Å². The number of rotatable bonds is 5. The largest absolute Gasteiger partial charge is 0.0816 e. The van der Waals surface area contributed by atoms with Crippen molar-refractivity contribution in [1.29, 1.82) is 0 Å². The summed E-state index contributed by atoms with van der Waals surface area (Å²) in [5.41, 5.74) is 3.08. The number of hydrogen-bond acceptors (Lipinski definition) is 0. The summed E-state index contributed by atoms with van der Waals surface area (Å²) in [6.07, 6.45) is 8.22. The van der Waals surface area contributed by atoms with Gasteiger partial charge in [0.05, 0.1) is 0 Å². The second-order valence-corrected chi connectivity index (χ2v) is 3.91. The van der Waals surface area contributed by atoms with Gasteiger partial charge in [0, 0.05) is 0 Å². The van der Waals surface area contributed by atoms with Crippen LogP contribution in [0.15, 0.2) is 23.3 Å². The van der Waals surface area contributed by atoms with Crippen molar-refractivity contribution in [3.05, 3.63) is 23.3 Å². The van der Waals surface area contributed by atoms with Crippen molar-refractivity contribution in [2.75, 3.05) is 0 Å². The summed E-state index contributed by atoms with van der Waals surface area (Å²) < 4.78 is 0. The molecule has 0 amide bonds. The van der Waals surface area contributed by atoms with Crippen LogP contribution in [0.4, 0.5) is 0 Å². The molecule has 0 radical (unpaired) electrons. The molecule has 0 heterocycles. The Morgan fingerprint density at radius 2 is 1.62 bits per heavy atom. The van der Waals surface area contributed by atoms with Crippen LogP contribution in [0, 0.1) is 5.92 Å². The van der Waals surface area contributed by atoms with Crippen LogP contribution in [-0.2, 0) is 0 Å². The van der Waals surface area contributed by atoms with Crippen LogP contribution < -0.4 is 0 Å². The molecule has 13 heavy (non-hydrogen) atoms. The zero-order valence-corrected chi connectivity index (χ0v) is 9.85. The Kier molecular flexibility index (Phi) is 6.66. The Bertz CT molecular complexity index is 170. The van der Waals surface area contributed by atoms with E-state index in [9.17, 15) is 0 Å². The molecule has 0 aliphatic heterocycles. The van der Waals surface area contributed by atoms with Gasteiger partial charge in [0.1, 0.15) is 0 Å². The van der Waals surface area contributed by atoms with Gasteiger partial charge in [-0.3, -0.25) is 0 Å². The van der Waals surface area contributed by atoms with Gasteiger partial charge in [-0.25, -0.2) is 0 Å². The van der Waals surface area contributed by atoms with Gasteiger partial charge in [0.25, 0.3) is 0 Å². The quantitative estimate of drug-likeness (QED) is 0.537. The van der Waals surface area contributed by atoms with Gasteiger partial charge >= 0.3 is 0 Å². The molecule has 0 rings (SSSR count). The highest BCUT2D eigenvalue weighted by atomic mass is 14.0. The summed E-state index contributed by atoms with van der Waals surface area (Å²) in [4.78, 5) is 0. The second-order valence-electron chi connectivity index (χ2n) is 3.91. The van der Waals surface area contributed by atoms with Gasteiger partial charge in [-0.2, -0.15) is 0 Å². The smallest absolute Gasteiger partial charge is 0.0164 e. The molecule has 0 atom stereocenters. The zero-order valence-electron chi connectivity index (χ0n) is 9.85. The van der Waals surface area contributed by atoms with Crippen molar-refractivity contribution in [2.24, 2.45) is 5.92 Å². The number of allylic oxidation sites excluding steroid dienone is 4. The van der Waals surface area contributed by atoms with E-state index < -0.39 is 0 Å². The summed E-state index contributed by atoms with van der Waals surface area (Å²) in [7, 11) is 0. The van der Waals surface area contributed by atoms with E-state index in [0.29, 0.717) is 5.92 Å². The summed E-state index contributed by atoms with van der Waals surface area (Å²) in [5, 5.41) is 0. The Hall–Kier alpha value is -0.520. The fraction of sp³-hybridized carbons (Fsp3) is 0.692. The first-order valence-electron chi connectivity index (χ1n) is 5.46. The summed E-state index contributed by atoms with van der Waals surface area (Å²) in [6, 6.07) is 0. The van der Waals surface area contributed by atoms with Crippen molar-refractivity contribution < 1.29 is 0 Å². The minimum absolute atomic E-state index is 0.695. The van der Waals surface area contributed by atoms with E-state index in [-0.39, 0.29) is 0 Å². The van der Waals surface area contributed by atoms with Crippen LogP contribution in [0.5, 0.6) is 0 Å². The summed E-state index contributed by atoms with van der Waals surface area (Å²) in [5.74, 6) is 0.695. The van der Waals surface area contributed by atoms with Gasteiger partial charge in [0.2, 0.25) is 0 Å². The highest BCUT2D eigenvalue weighted by molar-refractivity contribution is 5.08. The molecule has 0 spiro atoms. The van der Waals surface area contributed by atoms with Crippen LogP contribution in [0.3, 0.4) is 0 Å². The summed E-state index contributed by atoms with van der Waals surface area (Å²) >= 11 is 0. The zero-order chi connectivity index (χ0) is 10.3. The molecular weight excluding hydrogens is 156 g/mol. The maximum absolute atomic E-state index is 2.37. The van der Waals surface area contributed by atoms with Crippen molar-refractivity contribution in [1.82, 2.24) is 0 Å². The lowest BCUT2D eigenvalue weighted by Crippen LogP contribution is -1.87. The van der Waals surface area contributed by atoms with Crippen molar-refractivity contribution in [3.63, 3.8) is 0 Å². The van der Waals surface area contributed by atoms with E-state index in [1.54, 1.807) is 5.57 Å². The van der Waals surface area contributed by atoms with Gasteiger partial charge in [-0.1, -0.05) is 51.0 Å². The molecule has 0 bridgehead atoms. The first kappa shape index (κ1) is 12.5. The fourth-order valence-corrected chi connectivity index (χ4v) is 1.19. The molecule has 0 saturated carbocycles. The molecule has 0 aromatic carbocycles. The highest BCUT2D eigenvalue weighted by Gasteiger charge is 1.94. The normalized spacial score (nSPS) is 12.0. The van der Waals surface area contributed by atoms with Crippen LogP contribution in [0.2, 0.25) is 0 Å². The summed E-state index contributed by atoms with van der Waals surface area (Å²) in [6.45, 7) is 11.2. The third-order valence-electron chi connectivity index (χ3n) is 2.67. The van der Waals surface area contributed by atoms with Gasteiger partial charge in [-0.15, -0.1) is 0 Å². The molecule has 76 valence electrons. The molecule has 0 unspecified atom stereocenters. The average molecular weight is 180 g/mol. The Morgan fingerprint density at radius 3 is 2.00 bits per heavy atom. The maximum atomic E-state index is 2.37. The third-order valence-corrected chi connectivity index (χ3v) is 2.67. The molecule has 0 aromatic rings. The lowest BCUT2D eigenvalue weighted by molar-refractivity contribution is 0.764. The maximum Gasteiger partial charge on any atom is -0.0164 e. The topological polar surface area (TPSA) is 0 Å². The van der Waals surface area contributed by atoms with E-state index >= 15 is 0 Å². The van der Waals surface area contributed by atoms with E-state index in [2.05, 4.69) is 46.8 Å². The number of hydrogen-bond donors (Lipinski definition) is 0. The SMILES string of the molecule is CCC(=CCC=C(C)C(C)C)CC. The third kappa shape index (κ3) is 5.68. The fourth-order valence-electron chi connectivity index (χ4n) is 1.19. The molecule has 0 fully saturated rings. The predicted octanol–water partition coefficient (Wildman–Crippen LogP) is 4.73. The van der Waals surface area contributed by atoms with E-state index in [1.165, 1.54) is 18.4 Å². The standard InChI is InChI=1S/C13H24/c1-6-13(7-2)10-8-9-12(5)11(3)4/h9-11H,6-8H2,1-5H3. The first-order valence-corrected chi connectivity index (χ1v) is 5.46. The van der Waals surface area contributed by atoms with Crippen LogP contribution >= 0.6 is 0 Å². The lowest BCUT2D eigenvalue weighted by Gasteiger charge is -2.04. The Morgan fingerprint density at radius 1 is 1.08 bits per heavy atom. The molecule has 0 heteroatoms. The molecule has 0 saturated heterocycles. The minimum atomic E-state index is 0.695. The Balaban J connectivity index is 4.01. The van der Waals surface area contributed by atoms with Crippen LogP contribution in [0.1, 0.15) is 53.9 Å². The van der Waals surface area contributed by atoms with Crippen LogP contribution in [-0.4, -0.2) is 0 Å². The van der Waals surface area contributed by atoms with Crippen molar-refractivity contribution >= 4 is 0 Å². The molecule has 0 aliphatic rings. The van der Waals surface area contributed by atoms with E-state index in [0.717, 1.165) is 6.42 Å². The van der Waals surface area contributed by atoms with Gasteiger partial charge in [0.15, 0.2) is 0 Å². The molecule has 0 aromatic heterocycles. The average Bonchev–Trinajstić information content (AvgIpc) is 2.12. The first-order chi connectivity index (χ1) is 6.11.